The summed E-state index contributed by atoms with van der Waals surface area (Å²) in [5.74, 6) is 0.835. The molecule has 1 N–H and O–H groups in total. The van der Waals surface area contributed by atoms with Gasteiger partial charge < -0.3 is 9.88 Å². The first kappa shape index (κ1) is 17.8. The van der Waals surface area contributed by atoms with Gasteiger partial charge in [0.15, 0.2) is 0 Å². The second-order valence-electron chi connectivity index (χ2n) is 5.87. The maximum absolute atomic E-state index is 11.8. The zero-order chi connectivity index (χ0) is 17.8. The van der Waals surface area contributed by atoms with Gasteiger partial charge >= 0.3 is 0 Å². The largest absolute Gasteiger partial charge is 0.349 e. The molecule has 0 atom stereocenters. The number of aromatic nitrogens is 2. The van der Waals surface area contributed by atoms with Crippen molar-refractivity contribution in [2.45, 2.75) is 32.9 Å². The third kappa shape index (κ3) is 4.14. The van der Waals surface area contributed by atoms with Gasteiger partial charge in [-0.2, -0.15) is 0 Å². The fraction of sp³-hybridized carbons (Fsp3) is 0.263. The summed E-state index contributed by atoms with van der Waals surface area (Å²) in [6.45, 7) is 2.94. The lowest BCUT2D eigenvalue weighted by atomic mass is 10.2. The minimum absolute atomic E-state index is 0.0330. The number of rotatable bonds is 6. The van der Waals surface area contributed by atoms with Crippen molar-refractivity contribution in [2.24, 2.45) is 0 Å². The van der Waals surface area contributed by atoms with Gasteiger partial charge in [0.05, 0.1) is 24.1 Å². The molecule has 0 spiro atoms. The number of carbonyl (C=O) groups excluding carboxylic acids is 1. The van der Waals surface area contributed by atoms with Crippen molar-refractivity contribution in [3.63, 3.8) is 0 Å². The molecule has 0 saturated carbocycles. The Labute approximate surface area is 156 Å². The molecule has 0 aliphatic carbocycles. The van der Waals surface area contributed by atoms with Crippen molar-refractivity contribution in [1.82, 2.24) is 14.9 Å². The molecule has 3 aromatic rings. The number of fused-ring (bicyclic) bond motifs is 1. The van der Waals surface area contributed by atoms with Crippen LogP contribution in [0.5, 0.6) is 0 Å². The zero-order valence-electron chi connectivity index (χ0n) is 13.9. The highest BCUT2D eigenvalue weighted by Crippen LogP contribution is 2.24. The maximum Gasteiger partial charge on any atom is 0.220 e. The van der Waals surface area contributed by atoms with Crippen LogP contribution in [0.3, 0.4) is 0 Å². The fourth-order valence-corrected chi connectivity index (χ4v) is 3.22. The highest BCUT2D eigenvalue weighted by atomic mass is 35.5. The summed E-state index contributed by atoms with van der Waals surface area (Å²) in [5.41, 5.74) is 2.86. The number of hydrogen-bond donors (Lipinski definition) is 1. The molecule has 6 heteroatoms. The third-order valence-corrected chi connectivity index (χ3v) is 4.58. The van der Waals surface area contributed by atoms with Crippen LogP contribution in [-0.4, -0.2) is 15.5 Å². The van der Waals surface area contributed by atoms with Crippen molar-refractivity contribution < 1.29 is 4.79 Å². The molecule has 0 aliphatic heterocycles. The summed E-state index contributed by atoms with van der Waals surface area (Å²) in [6.07, 6.45) is 1.34. The number of imidazole rings is 1. The quantitative estimate of drug-likeness (QED) is 0.671. The smallest absolute Gasteiger partial charge is 0.220 e. The van der Waals surface area contributed by atoms with E-state index in [9.17, 15) is 4.79 Å². The summed E-state index contributed by atoms with van der Waals surface area (Å²) >= 11 is 12.3. The molecule has 25 heavy (non-hydrogen) atoms. The molecule has 0 saturated heterocycles. The van der Waals surface area contributed by atoms with Crippen molar-refractivity contribution in [3.8, 4) is 0 Å². The number of para-hydroxylation sites is 2. The van der Waals surface area contributed by atoms with Gasteiger partial charge in [-0.15, -0.1) is 0 Å². The topological polar surface area (TPSA) is 46.9 Å². The highest BCUT2D eigenvalue weighted by molar-refractivity contribution is 6.35. The van der Waals surface area contributed by atoms with E-state index in [0.29, 0.717) is 29.6 Å². The van der Waals surface area contributed by atoms with Crippen LogP contribution in [-0.2, 0) is 17.9 Å². The summed E-state index contributed by atoms with van der Waals surface area (Å²) in [5, 5.41) is 4.16. The number of carbonyl (C=O) groups is 1. The number of amides is 1. The van der Waals surface area contributed by atoms with E-state index >= 15 is 0 Å². The summed E-state index contributed by atoms with van der Waals surface area (Å²) in [4.78, 5) is 16.5. The highest BCUT2D eigenvalue weighted by Gasteiger charge is 2.13. The zero-order valence-corrected chi connectivity index (χ0v) is 15.4. The van der Waals surface area contributed by atoms with Gasteiger partial charge in [-0.05, 0) is 36.2 Å². The van der Waals surface area contributed by atoms with Crippen LogP contribution >= 0.6 is 23.2 Å². The lowest BCUT2D eigenvalue weighted by Gasteiger charge is -2.12. The van der Waals surface area contributed by atoms with Crippen molar-refractivity contribution in [3.05, 3.63) is 63.9 Å². The molecule has 1 aromatic heterocycles. The van der Waals surface area contributed by atoms with E-state index < -0.39 is 0 Å². The Morgan fingerprint density at radius 1 is 1.20 bits per heavy atom. The lowest BCUT2D eigenvalue weighted by Crippen LogP contribution is -2.24. The molecule has 2 aromatic carbocycles. The van der Waals surface area contributed by atoms with Gasteiger partial charge in [-0.25, -0.2) is 4.98 Å². The number of hydrogen-bond acceptors (Lipinski definition) is 2. The Morgan fingerprint density at radius 3 is 2.76 bits per heavy atom. The van der Waals surface area contributed by atoms with Gasteiger partial charge in [0.2, 0.25) is 5.91 Å². The van der Waals surface area contributed by atoms with Crippen LogP contribution in [0.2, 0.25) is 10.0 Å². The van der Waals surface area contributed by atoms with Crippen molar-refractivity contribution in [1.29, 1.82) is 0 Å². The van der Waals surface area contributed by atoms with E-state index in [-0.39, 0.29) is 5.91 Å². The van der Waals surface area contributed by atoms with Gasteiger partial charge in [-0.3, -0.25) is 4.79 Å². The number of nitrogens with zero attached hydrogens (tertiary/aromatic N) is 2. The predicted molar refractivity (Wildman–Crippen MR) is 102 cm³/mol. The Balaban J connectivity index is 1.94. The van der Waals surface area contributed by atoms with Crippen LogP contribution in [0.15, 0.2) is 42.5 Å². The van der Waals surface area contributed by atoms with E-state index in [1.54, 1.807) is 6.07 Å². The van der Waals surface area contributed by atoms with Crippen molar-refractivity contribution in [2.75, 3.05) is 0 Å². The summed E-state index contributed by atoms with van der Waals surface area (Å²) < 4.78 is 2.08. The Bertz CT molecular complexity index is 905. The van der Waals surface area contributed by atoms with E-state index in [2.05, 4.69) is 14.9 Å². The van der Waals surface area contributed by atoms with E-state index in [1.165, 1.54) is 0 Å². The molecular weight excluding hydrogens is 357 g/mol. The molecule has 3 rings (SSSR count). The van der Waals surface area contributed by atoms with E-state index in [0.717, 1.165) is 28.8 Å². The molecule has 0 fully saturated rings. The normalized spacial score (nSPS) is 11.0. The number of nitrogens with one attached hydrogen (secondary N) is 1. The van der Waals surface area contributed by atoms with Crippen LogP contribution in [0.4, 0.5) is 0 Å². The average molecular weight is 376 g/mol. The minimum Gasteiger partial charge on any atom is -0.349 e. The SMILES string of the molecule is CCCC(=O)NCc1nc2ccccc2n1Cc1ccc(Cl)cc1Cl. The standard InChI is InChI=1S/C19H19Cl2N3O/c1-2-5-19(25)22-11-18-23-16-6-3-4-7-17(16)24(18)12-13-8-9-14(20)10-15(13)21/h3-4,6-10H,2,5,11-12H2,1H3,(H,22,25). The summed E-state index contributed by atoms with van der Waals surface area (Å²) in [7, 11) is 0. The van der Waals surface area contributed by atoms with Crippen LogP contribution in [0.25, 0.3) is 11.0 Å². The first-order chi connectivity index (χ1) is 12.1. The van der Waals surface area contributed by atoms with Gasteiger partial charge in [-0.1, -0.05) is 48.3 Å². The molecule has 130 valence electrons. The third-order valence-electron chi connectivity index (χ3n) is 4.00. The summed E-state index contributed by atoms with van der Waals surface area (Å²) in [6, 6.07) is 13.4. The lowest BCUT2D eigenvalue weighted by molar-refractivity contribution is -0.121. The average Bonchev–Trinajstić information content (AvgIpc) is 2.93. The van der Waals surface area contributed by atoms with Crippen molar-refractivity contribution >= 4 is 40.1 Å². The van der Waals surface area contributed by atoms with Gasteiger partial charge in [0.25, 0.3) is 0 Å². The number of halogens is 2. The molecule has 0 unspecified atom stereocenters. The second kappa shape index (κ2) is 7.89. The predicted octanol–water partition coefficient (Wildman–Crippen LogP) is 4.81. The van der Waals surface area contributed by atoms with Crippen LogP contribution < -0.4 is 5.32 Å². The molecule has 0 radical (unpaired) electrons. The molecule has 4 nitrogen and oxygen atoms in total. The Hall–Kier alpha value is -2.04. The molecular formula is C19H19Cl2N3O. The van der Waals surface area contributed by atoms with Crippen LogP contribution in [0.1, 0.15) is 31.2 Å². The Morgan fingerprint density at radius 2 is 2.00 bits per heavy atom. The first-order valence-electron chi connectivity index (χ1n) is 8.23. The monoisotopic (exact) mass is 375 g/mol. The van der Waals surface area contributed by atoms with Gasteiger partial charge in [0.1, 0.15) is 5.82 Å². The van der Waals surface area contributed by atoms with Crippen LogP contribution in [0, 0.1) is 0 Å². The second-order valence-corrected chi connectivity index (χ2v) is 6.71. The fourth-order valence-electron chi connectivity index (χ4n) is 2.75. The molecule has 0 bridgehead atoms. The minimum atomic E-state index is 0.0330. The van der Waals surface area contributed by atoms with E-state index in [1.807, 2.05) is 43.3 Å². The maximum atomic E-state index is 11.8. The van der Waals surface area contributed by atoms with Gasteiger partial charge in [0, 0.05) is 16.5 Å². The molecule has 1 amide bonds. The first-order valence-corrected chi connectivity index (χ1v) is 8.99. The molecule has 1 heterocycles. The number of benzene rings is 2. The van der Waals surface area contributed by atoms with E-state index in [4.69, 9.17) is 23.2 Å². The molecule has 0 aliphatic rings. The Kier molecular flexibility index (Phi) is 5.61.